The molecule has 10 heteroatoms. The van der Waals surface area contributed by atoms with Gasteiger partial charge in [0.05, 0.1) is 12.2 Å². The smallest absolute Gasteiger partial charge is 0.281 e. The van der Waals surface area contributed by atoms with Gasteiger partial charge in [-0.25, -0.2) is 4.98 Å². The van der Waals surface area contributed by atoms with Gasteiger partial charge in [0.25, 0.3) is 5.56 Å². The minimum atomic E-state index is -0.330. The normalized spacial score (nSPS) is 9.96. The number of benzene rings is 1. The lowest BCUT2D eigenvalue weighted by molar-refractivity contribution is 0.312. The minimum absolute atomic E-state index is 0.195. The SMILES string of the molecule is CCCOc1ccccc1-c1nc2n[nH]nc2c(=O)[nH]1.O=NO. The van der Waals surface area contributed by atoms with E-state index in [1.807, 2.05) is 31.2 Å². The molecule has 0 radical (unpaired) electrons. The summed E-state index contributed by atoms with van der Waals surface area (Å²) in [5.74, 6) is 1.10. The fourth-order valence-electron chi connectivity index (χ4n) is 1.88. The quantitative estimate of drug-likeness (QED) is 0.489. The summed E-state index contributed by atoms with van der Waals surface area (Å²) in [6, 6.07) is 7.43. The van der Waals surface area contributed by atoms with Crippen LogP contribution in [-0.2, 0) is 0 Å². The van der Waals surface area contributed by atoms with Gasteiger partial charge in [0.2, 0.25) is 5.65 Å². The highest BCUT2D eigenvalue weighted by Crippen LogP contribution is 2.26. The van der Waals surface area contributed by atoms with Gasteiger partial charge in [-0.3, -0.25) is 4.79 Å². The van der Waals surface area contributed by atoms with E-state index in [1.54, 1.807) is 0 Å². The first-order valence-electron chi connectivity index (χ1n) is 6.71. The van der Waals surface area contributed by atoms with E-state index in [0.29, 0.717) is 18.2 Å². The molecule has 0 saturated heterocycles. The van der Waals surface area contributed by atoms with Gasteiger partial charge in [-0.2, -0.15) is 5.21 Å². The molecule has 0 saturated carbocycles. The van der Waals surface area contributed by atoms with Crippen molar-refractivity contribution in [2.24, 2.45) is 5.34 Å². The van der Waals surface area contributed by atoms with E-state index >= 15 is 0 Å². The molecular formula is C13H14N6O4. The van der Waals surface area contributed by atoms with Crippen LogP contribution in [0.4, 0.5) is 0 Å². The average molecular weight is 318 g/mol. The van der Waals surface area contributed by atoms with Gasteiger partial charge in [0.1, 0.15) is 11.6 Å². The average Bonchev–Trinajstić information content (AvgIpc) is 3.03. The van der Waals surface area contributed by atoms with E-state index in [2.05, 4.69) is 25.4 Å². The van der Waals surface area contributed by atoms with Crippen LogP contribution in [0.15, 0.2) is 34.4 Å². The molecule has 0 spiro atoms. The first kappa shape index (κ1) is 16.1. The molecule has 3 aromatic rings. The molecule has 0 aliphatic carbocycles. The Morgan fingerprint density at radius 1 is 1.30 bits per heavy atom. The van der Waals surface area contributed by atoms with E-state index in [4.69, 9.17) is 14.9 Å². The Labute approximate surface area is 129 Å². The maximum Gasteiger partial charge on any atom is 0.281 e. The molecule has 2 heterocycles. The highest BCUT2D eigenvalue weighted by atomic mass is 16.6. The molecule has 0 unspecified atom stereocenters. The van der Waals surface area contributed by atoms with Crippen molar-refractivity contribution in [1.29, 1.82) is 0 Å². The van der Waals surface area contributed by atoms with Crippen molar-refractivity contribution in [2.75, 3.05) is 6.61 Å². The van der Waals surface area contributed by atoms with Crippen molar-refractivity contribution in [3.8, 4) is 17.1 Å². The predicted octanol–water partition coefficient (Wildman–Crippen LogP) is 1.64. The third-order valence-corrected chi connectivity index (χ3v) is 2.80. The van der Waals surface area contributed by atoms with Crippen LogP contribution in [0, 0.1) is 4.91 Å². The van der Waals surface area contributed by atoms with Crippen molar-refractivity contribution in [3.05, 3.63) is 39.5 Å². The van der Waals surface area contributed by atoms with Crippen molar-refractivity contribution >= 4 is 11.2 Å². The number of aromatic amines is 2. The fraction of sp³-hybridized carbons (Fsp3) is 0.231. The summed E-state index contributed by atoms with van der Waals surface area (Å²) in [6.45, 7) is 2.64. The standard InChI is InChI=1S/C13H13N5O2.HNO2/c1-2-7-20-9-6-4-3-5-8(9)11-14-12-10(13(19)15-11)16-18-17-12;2-1-3/h3-6H,2,7H2,1H3,(H2,14,15,16,17,18,19);(H,2,3). The summed E-state index contributed by atoms with van der Waals surface area (Å²) >= 11 is 0. The summed E-state index contributed by atoms with van der Waals surface area (Å²) in [7, 11) is 0. The maximum atomic E-state index is 11.9. The van der Waals surface area contributed by atoms with Crippen molar-refractivity contribution < 1.29 is 9.94 Å². The van der Waals surface area contributed by atoms with Crippen LogP contribution in [0.3, 0.4) is 0 Å². The number of H-pyrrole nitrogens is 2. The van der Waals surface area contributed by atoms with Gasteiger partial charge in [-0.1, -0.05) is 19.1 Å². The third-order valence-electron chi connectivity index (χ3n) is 2.80. The van der Waals surface area contributed by atoms with Crippen LogP contribution in [0.2, 0.25) is 0 Å². The number of nitrogens with one attached hydrogen (secondary N) is 2. The molecule has 2 aromatic heterocycles. The number of nitrogens with zero attached hydrogens (tertiary/aromatic N) is 4. The molecule has 120 valence electrons. The highest BCUT2D eigenvalue weighted by molar-refractivity contribution is 5.72. The minimum Gasteiger partial charge on any atom is -0.493 e. The molecule has 3 N–H and O–H groups in total. The van der Waals surface area contributed by atoms with Crippen molar-refractivity contribution in [2.45, 2.75) is 13.3 Å². The predicted molar refractivity (Wildman–Crippen MR) is 81.1 cm³/mol. The lowest BCUT2D eigenvalue weighted by Crippen LogP contribution is -2.10. The molecule has 1 aromatic carbocycles. The summed E-state index contributed by atoms with van der Waals surface area (Å²) in [5, 5.41) is 17.9. The van der Waals surface area contributed by atoms with Crippen LogP contribution >= 0.6 is 0 Å². The van der Waals surface area contributed by atoms with Gasteiger partial charge in [0, 0.05) is 0 Å². The number of hydrogen-bond donors (Lipinski definition) is 3. The topological polar surface area (TPSA) is 146 Å². The Kier molecular flexibility index (Phi) is 5.34. The number of aromatic nitrogens is 5. The molecule has 0 amide bonds. The zero-order valence-corrected chi connectivity index (χ0v) is 12.2. The molecule has 0 aliphatic rings. The van der Waals surface area contributed by atoms with Crippen LogP contribution in [-0.4, -0.2) is 37.2 Å². The van der Waals surface area contributed by atoms with E-state index in [1.165, 1.54) is 5.34 Å². The second-order valence-corrected chi connectivity index (χ2v) is 4.34. The number of rotatable bonds is 4. The molecular weight excluding hydrogens is 304 g/mol. The van der Waals surface area contributed by atoms with Gasteiger partial charge in [-0.05, 0) is 18.6 Å². The summed E-state index contributed by atoms with van der Waals surface area (Å²) in [6.07, 6.45) is 0.903. The Hall–Kier alpha value is -3.30. The summed E-state index contributed by atoms with van der Waals surface area (Å²) < 4.78 is 5.67. The van der Waals surface area contributed by atoms with E-state index in [-0.39, 0.29) is 16.7 Å². The second-order valence-electron chi connectivity index (χ2n) is 4.34. The number of fused-ring (bicyclic) bond motifs is 1. The van der Waals surface area contributed by atoms with Crippen molar-refractivity contribution in [3.63, 3.8) is 0 Å². The second kappa shape index (κ2) is 7.64. The monoisotopic (exact) mass is 318 g/mol. The van der Waals surface area contributed by atoms with Crippen LogP contribution in [0.1, 0.15) is 13.3 Å². The number of para-hydroxylation sites is 1. The summed E-state index contributed by atoms with van der Waals surface area (Å²) in [5.41, 5.74) is 0.877. The number of ether oxygens (including phenoxy) is 1. The first-order chi connectivity index (χ1) is 11.2. The van der Waals surface area contributed by atoms with Crippen LogP contribution in [0.25, 0.3) is 22.6 Å². The zero-order chi connectivity index (χ0) is 16.7. The molecule has 0 bridgehead atoms. The van der Waals surface area contributed by atoms with Gasteiger partial charge < -0.3 is 14.9 Å². The highest BCUT2D eigenvalue weighted by Gasteiger charge is 2.12. The fourth-order valence-corrected chi connectivity index (χ4v) is 1.88. The Bertz CT molecular complexity index is 844. The molecule has 0 aliphatic heterocycles. The summed E-state index contributed by atoms with van der Waals surface area (Å²) in [4.78, 5) is 27.0. The largest absolute Gasteiger partial charge is 0.493 e. The van der Waals surface area contributed by atoms with E-state index in [9.17, 15) is 4.79 Å². The van der Waals surface area contributed by atoms with E-state index < -0.39 is 0 Å². The number of hydrogen-bond acceptors (Lipinski definition) is 7. The van der Waals surface area contributed by atoms with Gasteiger partial charge in [0.15, 0.2) is 10.9 Å². The first-order valence-corrected chi connectivity index (χ1v) is 6.71. The van der Waals surface area contributed by atoms with Crippen LogP contribution in [0.5, 0.6) is 5.75 Å². The molecule has 0 fully saturated rings. The van der Waals surface area contributed by atoms with Gasteiger partial charge >= 0.3 is 0 Å². The Morgan fingerprint density at radius 2 is 2.04 bits per heavy atom. The zero-order valence-electron chi connectivity index (χ0n) is 12.2. The molecule has 0 atom stereocenters. The van der Waals surface area contributed by atoms with E-state index in [0.717, 1.165) is 12.0 Å². The molecule has 10 nitrogen and oxygen atoms in total. The maximum absolute atomic E-state index is 11.9. The Morgan fingerprint density at radius 3 is 2.78 bits per heavy atom. The van der Waals surface area contributed by atoms with Gasteiger partial charge in [-0.15, -0.1) is 15.1 Å². The molecule has 23 heavy (non-hydrogen) atoms. The van der Waals surface area contributed by atoms with Crippen LogP contribution < -0.4 is 10.3 Å². The molecule has 3 rings (SSSR count). The Balaban J connectivity index is 0.000000595. The lowest BCUT2D eigenvalue weighted by atomic mass is 10.2. The third kappa shape index (κ3) is 3.67. The lowest BCUT2D eigenvalue weighted by Gasteiger charge is -2.09. The van der Waals surface area contributed by atoms with Crippen molar-refractivity contribution in [1.82, 2.24) is 25.4 Å².